The van der Waals surface area contributed by atoms with Crippen molar-refractivity contribution in [2.45, 2.75) is 13.8 Å². The van der Waals surface area contributed by atoms with Crippen molar-refractivity contribution in [3.8, 4) is 11.6 Å². The number of hydrogen-bond donors (Lipinski definition) is 0. The Morgan fingerprint density at radius 3 is 2.53 bits per heavy atom. The highest BCUT2D eigenvalue weighted by Crippen LogP contribution is 2.20. The molecule has 0 saturated carbocycles. The van der Waals surface area contributed by atoms with E-state index in [0.717, 1.165) is 11.4 Å². The lowest BCUT2D eigenvalue weighted by atomic mass is 10.2. The van der Waals surface area contributed by atoms with Crippen LogP contribution in [-0.2, 0) is 0 Å². The molecule has 0 aliphatic carbocycles. The zero-order chi connectivity index (χ0) is 10.7. The van der Waals surface area contributed by atoms with E-state index in [9.17, 15) is 0 Å². The van der Waals surface area contributed by atoms with Crippen LogP contribution in [0.4, 0.5) is 0 Å². The lowest BCUT2D eigenvalue weighted by molar-refractivity contribution is 0.461. The van der Waals surface area contributed by atoms with Crippen LogP contribution in [0.2, 0.25) is 0 Å². The Morgan fingerprint density at radius 2 is 1.80 bits per heavy atom. The molecule has 0 fully saturated rings. The third kappa shape index (κ3) is 2.56. The van der Waals surface area contributed by atoms with Gasteiger partial charge in [0.2, 0.25) is 5.88 Å². The molecule has 1 aromatic heterocycles. The van der Waals surface area contributed by atoms with Crippen molar-refractivity contribution >= 4 is 0 Å². The Labute approximate surface area is 89.6 Å². The first kappa shape index (κ1) is 9.71. The second-order valence-electron chi connectivity index (χ2n) is 3.54. The Morgan fingerprint density at radius 1 is 1.00 bits per heavy atom. The molecule has 0 amide bonds. The Kier molecular flexibility index (Phi) is 2.68. The van der Waals surface area contributed by atoms with Crippen LogP contribution in [0.15, 0.2) is 42.5 Å². The van der Waals surface area contributed by atoms with E-state index in [-0.39, 0.29) is 0 Å². The van der Waals surface area contributed by atoms with Crippen molar-refractivity contribution in [2.75, 3.05) is 0 Å². The average Bonchev–Trinajstić information content (AvgIpc) is 2.17. The third-order valence-electron chi connectivity index (χ3n) is 2.07. The summed E-state index contributed by atoms with van der Waals surface area (Å²) in [6.45, 7) is 3.99. The van der Waals surface area contributed by atoms with Gasteiger partial charge in [0.05, 0.1) is 0 Å². The van der Waals surface area contributed by atoms with Gasteiger partial charge in [0.1, 0.15) is 5.75 Å². The fraction of sp³-hybridized carbons (Fsp3) is 0.154. The van der Waals surface area contributed by atoms with E-state index < -0.39 is 0 Å². The smallest absolute Gasteiger partial charge is 0.219 e. The number of pyridine rings is 1. The quantitative estimate of drug-likeness (QED) is 0.738. The summed E-state index contributed by atoms with van der Waals surface area (Å²) >= 11 is 0. The Hall–Kier alpha value is -1.83. The van der Waals surface area contributed by atoms with Crippen LogP contribution in [-0.4, -0.2) is 4.98 Å². The standard InChI is InChI=1S/C13H13NO/c1-10-5-3-7-12(9-10)15-13-8-4-6-11(2)14-13/h3-9H,1-2H3. The van der Waals surface area contributed by atoms with E-state index in [1.807, 2.05) is 56.3 Å². The first-order valence-corrected chi connectivity index (χ1v) is 4.92. The summed E-state index contributed by atoms with van der Waals surface area (Å²) in [5.74, 6) is 1.47. The maximum absolute atomic E-state index is 5.63. The molecular weight excluding hydrogens is 186 g/mol. The first-order chi connectivity index (χ1) is 7.24. The Balaban J connectivity index is 2.22. The van der Waals surface area contributed by atoms with Crippen molar-refractivity contribution in [3.63, 3.8) is 0 Å². The summed E-state index contributed by atoms with van der Waals surface area (Å²) in [6, 6.07) is 13.7. The molecule has 2 aromatic rings. The largest absolute Gasteiger partial charge is 0.439 e. The summed E-state index contributed by atoms with van der Waals surface area (Å²) in [7, 11) is 0. The molecule has 0 bridgehead atoms. The molecule has 0 aliphatic rings. The summed E-state index contributed by atoms with van der Waals surface area (Å²) in [4.78, 5) is 4.28. The SMILES string of the molecule is Cc1cccc(Oc2cccc(C)n2)c1. The number of hydrogen-bond acceptors (Lipinski definition) is 2. The van der Waals surface area contributed by atoms with E-state index in [1.165, 1.54) is 5.56 Å². The maximum Gasteiger partial charge on any atom is 0.219 e. The van der Waals surface area contributed by atoms with Crippen molar-refractivity contribution in [1.82, 2.24) is 4.98 Å². The normalized spacial score (nSPS) is 10.0. The molecule has 0 radical (unpaired) electrons. The monoisotopic (exact) mass is 199 g/mol. The topological polar surface area (TPSA) is 22.1 Å². The van der Waals surface area contributed by atoms with Crippen LogP contribution in [0.25, 0.3) is 0 Å². The maximum atomic E-state index is 5.63. The summed E-state index contributed by atoms with van der Waals surface area (Å²) in [5, 5.41) is 0. The van der Waals surface area contributed by atoms with Gasteiger partial charge in [-0.2, -0.15) is 0 Å². The number of aryl methyl sites for hydroxylation is 2. The van der Waals surface area contributed by atoms with E-state index in [2.05, 4.69) is 4.98 Å². The average molecular weight is 199 g/mol. The van der Waals surface area contributed by atoms with Gasteiger partial charge < -0.3 is 4.74 Å². The first-order valence-electron chi connectivity index (χ1n) is 4.92. The molecule has 0 atom stereocenters. The number of benzene rings is 1. The van der Waals surface area contributed by atoms with Crippen molar-refractivity contribution in [1.29, 1.82) is 0 Å². The van der Waals surface area contributed by atoms with Gasteiger partial charge in [0.25, 0.3) is 0 Å². The predicted molar refractivity (Wildman–Crippen MR) is 60.2 cm³/mol. The summed E-state index contributed by atoms with van der Waals surface area (Å²) in [6.07, 6.45) is 0. The van der Waals surface area contributed by atoms with Gasteiger partial charge in [-0.05, 0) is 37.6 Å². The van der Waals surface area contributed by atoms with Crippen molar-refractivity contribution in [3.05, 3.63) is 53.7 Å². The second kappa shape index (κ2) is 4.13. The van der Waals surface area contributed by atoms with Gasteiger partial charge in [0.15, 0.2) is 0 Å². The molecule has 15 heavy (non-hydrogen) atoms. The molecule has 0 N–H and O–H groups in total. The fourth-order valence-corrected chi connectivity index (χ4v) is 1.37. The number of rotatable bonds is 2. The third-order valence-corrected chi connectivity index (χ3v) is 2.07. The zero-order valence-electron chi connectivity index (χ0n) is 8.90. The molecular formula is C13H13NO. The van der Waals surface area contributed by atoms with Crippen LogP contribution in [0, 0.1) is 13.8 Å². The van der Waals surface area contributed by atoms with E-state index >= 15 is 0 Å². The highest BCUT2D eigenvalue weighted by Gasteiger charge is 1.98. The van der Waals surface area contributed by atoms with E-state index in [0.29, 0.717) is 5.88 Å². The highest BCUT2D eigenvalue weighted by molar-refractivity contribution is 5.31. The van der Waals surface area contributed by atoms with Gasteiger partial charge in [-0.15, -0.1) is 0 Å². The van der Waals surface area contributed by atoms with E-state index in [4.69, 9.17) is 4.74 Å². The van der Waals surface area contributed by atoms with Gasteiger partial charge in [-0.25, -0.2) is 4.98 Å². The van der Waals surface area contributed by atoms with Crippen LogP contribution >= 0.6 is 0 Å². The molecule has 2 rings (SSSR count). The predicted octanol–water partition coefficient (Wildman–Crippen LogP) is 3.49. The minimum atomic E-state index is 0.639. The number of nitrogens with zero attached hydrogens (tertiary/aromatic N) is 1. The minimum absolute atomic E-state index is 0.639. The fourth-order valence-electron chi connectivity index (χ4n) is 1.37. The lowest BCUT2D eigenvalue weighted by Crippen LogP contribution is -1.89. The van der Waals surface area contributed by atoms with Crippen molar-refractivity contribution in [2.24, 2.45) is 0 Å². The zero-order valence-corrected chi connectivity index (χ0v) is 8.90. The molecule has 0 unspecified atom stereocenters. The van der Waals surface area contributed by atoms with Gasteiger partial charge in [0, 0.05) is 11.8 Å². The van der Waals surface area contributed by atoms with Crippen LogP contribution in [0.5, 0.6) is 11.6 Å². The van der Waals surface area contributed by atoms with Crippen LogP contribution in [0.3, 0.4) is 0 Å². The van der Waals surface area contributed by atoms with Gasteiger partial charge in [-0.3, -0.25) is 0 Å². The number of ether oxygens (including phenoxy) is 1. The van der Waals surface area contributed by atoms with Crippen LogP contribution < -0.4 is 4.74 Å². The molecule has 2 nitrogen and oxygen atoms in total. The molecule has 2 heteroatoms. The molecule has 76 valence electrons. The molecule has 0 aliphatic heterocycles. The Bertz CT molecular complexity index is 422. The highest BCUT2D eigenvalue weighted by atomic mass is 16.5. The minimum Gasteiger partial charge on any atom is -0.439 e. The lowest BCUT2D eigenvalue weighted by Gasteiger charge is -2.05. The van der Waals surface area contributed by atoms with Crippen LogP contribution in [0.1, 0.15) is 11.3 Å². The van der Waals surface area contributed by atoms with Gasteiger partial charge in [-0.1, -0.05) is 18.2 Å². The molecule has 1 heterocycles. The molecule has 0 spiro atoms. The number of aromatic nitrogens is 1. The van der Waals surface area contributed by atoms with E-state index in [1.54, 1.807) is 0 Å². The van der Waals surface area contributed by atoms with Gasteiger partial charge >= 0.3 is 0 Å². The summed E-state index contributed by atoms with van der Waals surface area (Å²) < 4.78 is 5.63. The second-order valence-corrected chi connectivity index (χ2v) is 3.54. The molecule has 0 saturated heterocycles. The molecule has 1 aromatic carbocycles. The van der Waals surface area contributed by atoms with Crippen molar-refractivity contribution < 1.29 is 4.74 Å². The summed E-state index contributed by atoms with van der Waals surface area (Å²) in [5.41, 5.74) is 2.14.